The summed E-state index contributed by atoms with van der Waals surface area (Å²) in [6, 6.07) is 0. The van der Waals surface area contributed by atoms with E-state index >= 15 is 0 Å². The molecule has 0 spiro atoms. The Morgan fingerprint density at radius 3 is 1.07 bits per heavy atom. The number of hydrogen-bond acceptors (Lipinski definition) is 0. The van der Waals surface area contributed by atoms with Crippen molar-refractivity contribution in [1.82, 2.24) is 0 Å². The van der Waals surface area contributed by atoms with Crippen LogP contribution in [0.4, 0.5) is 0 Å². The van der Waals surface area contributed by atoms with Crippen LogP contribution in [0, 0.1) is 27.7 Å². The first-order valence-corrected chi connectivity index (χ1v) is 8.00. The van der Waals surface area contributed by atoms with Crippen LogP contribution >= 0.6 is 17.2 Å². The zero-order valence-corrected chi connectivity index (χ0v) is 12.0. The monoisotopic (exact) mass is 226 g/mol. The van der Waals surface area contributed by atoms with E-state index in [0.717, 1.165) is 17.2 Å². The van der Waals surface area contributed by atoms with Gasteiger partial charge in [0.15, 0.2) is 0 Å². The molecule has 0 saturated heterocycles. The number of benzene rings is 1. The van der Waals surface area contributed by atoms with Crippen LogP contribution in [-0.4, -0.2) is 13.3 Å². The molecule has 2 heteroatoms. The standard InChI is InChI=1S/C12H20P2/c1-7-8(2)10(4)12(14-6)11(13-5)9(7)3/h13-14H,1-6H3. The van der Waals surface area contributed by atoms with Gasteiger partial charge >= 0.3 is 0 Å². The highest BCUT2D eigenvalue weighted by Crippen LogP contribution is 2.22. The van der Waals surface area contributed by atoms with Crippen molar-refractivity contribution in [3.05, 3.63) is 22.3 Å². The van der Waals surface area contributed by atoms with Gasteiger partial charge in [-0.2, -0.15) is 0 Å². The zero-order valence-electron chi connectivity index (χ0n) is 10.0. The van der Waals surface area contributed by atoms with Gasteiger partial charge in [-0.3, -0.25) is 0 Å². The molecule has 0 aromatic heterocycles. The highest BCUT2D eigenvalue weighted by atomic mass is 31.1. The molecule has 14 heavy (non-hydrogen) atoms. The zero-order chi connectivity index (χ0) is 10.9. The Morgan fingerprint density at radius 1 is 0.571 bits per heavy atom. The molecule has 0 aliphatic rings. The largest absolute Gasteiger partial charge is 0.0926 e. The maximum atomic E-state index is 2.29. The van der Waals surface area contributed by atoms with Gasteiger partial charge in [-0.1, -0.05) is 17.2 Å². The van der Waals surface area contributed by atoms with Gasteiger partial charge in [-0.25, -0.2) is 0 Å². The summed E-state index contributed by atoms with van der Waals surface area (Å²) in [5.74, 6) is 0. The van der Waals surface area contributed by atoms with Gasteiger partial charge < -0.3 is 0 Å². The first-order valence-electron chi connectivity index (χ1n) is 5.00. The van der Waals surface area contributed by atoms with Gasteiger partial charge in [0.2, 0.25) is 0 Å². The minimum Gasteiger partial charge on any atom is -0.0926 e. The number of hydrogen-bond donors (Lipinski definition) is 0. The second-order valence-electron chi connectivity index (χ2n) is 3.75. The first-order chi connectivity index (χ1) is 6.54. The summed E-state index contributed by atoms with van der Waals surface area (Å²) in [5.41, 5.74) is 6.04. The van der Waals surface area contributed by atoms with Crippen molar-refractivity contribution < 1.29 is 0 Å². The Kier molecular flexibility index (Phi) is 4.11. The van der Waals surface area contributed by atoms with E-state index in [-0.39, 0.29) is 0 Å². The predicted octanol–water partition coefficient (Wildman–Crippen LogP) is 2.79. The van der Waals surface area contributed by atoms with Crippen LogP contribution in [0.15, 0.2) is 0 Å². The van der Waals surface area contributed by atoms with E-state index in [0.29, 0.717) is 0 Å². The third-order valence-corrected chi connectivity index (χ3v) is 5.69. The second-order valence-corrected chi connectivity index (χ2v) is 5.75. The van der Waals surface area contributed by atoms with Gasteiger partial charge in [0.1, 0.15) is 0 Å². The maximum absolute atomic E-state index is 2.29. The summed E-state index contributed by atoms with van der Waals surface area (Å²) in [7, 11) is 1.86. The molecular formula is C12H20P2. The third kappa shape index (κ3) is 1.88. The summed E-state index contributed by atoms with van der Waals surface area (Å²) < 4.78 is 0. The highest BCUT2D eigenvalue weighted by Gasteiger charge is 2.12. The van der Waals surface area contributed by atoms with E-state index in [1.807, 2.05) is 0 Å². The van der Waals surface area contributed by atoms with E-state index in [2.05, 4.69) is 41.0 Å². The molecule has 0 amide bonds. The summed E-state index contributed by atoms with van der Waals surface area (Å²) in [6.45, 7) is 13.6. The maximum Gasteiger partial charge on any atom is -0.0166 e. The molecule has 0 nitrogen and oxygen atoms in total. The van der Waals surface area contributed by atoms with Gasteiger partial charge in [0.25, 0.3) is 0 Å². The lowest BCUT2D eigenvalue weighted by atomic mass is 9.99. The van der Waals surface area contributed by atoms with Crippen molar-refractivity contribution in [1.29, 1.82) is 0 Å². The molecule has 0 aliphatic heterocycles. The van der Waals surface area contributed by atoms with Crippen LogP contribution in [0.3, 0.4) is 0 Å². The van der Waals surface area contributed by atoms with Crippen molar-refractivity contribution >= 4 is 27.8 Å². The fourth-order valence-electron chi connectivity index (χ4n) is 1.94. The molecule has 0 fully saturated rings. The molecule has 0 aliphatic carbocycles. The summed E-state index contributed by atoms with van der Waals surface area (Å²) in [4.78, 5) is 0. The Hall–Kier alpha value is 0.0800. The van der Waals surface area contributed by atoms with Gasteiger partial charge in [-0.05, 0) is 73.9 Å². The molecule has 0 saturated carbocycles. The van der Waals surface area contributed by atoms with Crippen LogP contribution < -0.4 is 10.6 Å². The fraction of sp³-hybridized carbons (Fsp3) is 0.500. The molecular weight excluding hydrogens is 206 g/mol. The van der Waals surface area contributed by atoms with Crippen LogP contribution in [0.25, 0.3) is 0 Å². The third-order valence-electron chi connectivity index (χ3n) is 3.19. The molecule has 1 rings (SSSR count). The van der Waals surface area contributed by atoms with E-state index in [4.69, 9.17) is 0 Å². The smallest absolute Gasteiger partial charge is 0.0166 e. The molecule has 1 aromatic carbocycles. The van der Waals surface area contributed by atoms with Crippen LogP contribution in [0.2, 0.25) is 0 Å². The molecule has 1 aromatic rings. The summed E-state index contributed by atoms with van der Waals surface area (Å²) in [6.07, 6.45) is 0. The van der Waals surface area contributed by atoms with E-state index in [9.17, 15) is 0 Å². The minimum absolute atomic E-state index is 0.931. The van der Waals surface area contributed by atoms with E-state index in [1.165, 1.54) is 22.3 Å². The van der Waals surface area contributed by atoms with Crippen molar-refractivity contribution in [2.45, 2.75) is 27.7 Å². The summed E-state index contributed by atoms with van der Waals surface area (Å²) in [5, 5.41) is 3.23. The van der Waals surface area contributed by atoms with E-state index in [1.54, 1.807) is 10.6 Å². The molecule has 78 valence electrons. The van der Waals surface area contributed by atoms with Gasteiger partial charge in [0, 0.05) is 0 Å². The quantitative estimate of drug-likeness (QED) is 0.680. The number of rotatable bonds is 2. The average Bonchev–Trinajstić information content (AvgIpc) is 2.20. The van der Waals surface area contributed by atoms with Gasteiger partial charge in [-0.15, -0.1) is 0 Å². The van der Waals surface area contributed by atoms with Crippen molar-refractivity contribution in [2.75, 3.05) is 13.3 Å². The van der Waals surface area contributed by atoms with Gasteiger partial charge in [0.05, 0.1) is 0 Å². The Balaban J connectivity index is 3.57. The van der Waals surface area contributed by atoms with E-state index < -0.39 is 0 Å². The molecule has 2 unspecified atom stereocenters. The van der Waals surface area contributed by atoms with Crippen LogP contribution in [0.1, 0.15) is 22.3 Å². The molecule has 0 bridgehead atoms. The normalized spacial score (nSPS) is 12.4. The lowest BCUT2D eigenvalue weighted by Gasteiger charge is -2.18. The second kappa shape index (κ2) is 4.73. The molecule has 0 heterocycles. The molecule has 2 atom stereocenters. The average molecular weight is 226 g/mol. The Labute approximate surface area is 91.5 Å². The first kappa shape index (κ1) is 12.2. The Bertz CT molecular complexity index is 319. The lowest BCUT2D eigenvalue weighted by molar-refractivity contribution is 1.25. The predicted molar refractivity (Wildman–Crippen MR) is 73.1 cm³/mol. The highest BCUT2D eigenvalue weighted by molar-refractivity contribution is 7.53. The van der Waals surface area contributed by atoms with Crippen LogP contribution in [0.5, 0.6) is 0 Å². The van der Waals surface area contributed by atoms with Crippen molar-refractivity contribution in [3.63, 3.8) is 0 Å². The SMILES string of the molecule is CPc1c(C)c(C)c(C)c(C)c1PC. The topological polar surface area (TPSA) is 0 Å². The minimum atomic E-state index is 0.931. The molecule has 0 N–H and O–H groups in total. The van der Waals surface area contributed by atoms with Crippen LogP contribution in [-0.2, 0) is 0 Å². The summed E-state index contributed by atoms with van der Waals surface area (Å²) >= 11 is 0. The van der Waals surface area contributed by atoms with Crippen molar-refractivity contribution in [3.8, 4) is 0 Å². The van der Waals surface area contributed by atoms with Crippen molar-refractivity contribution in [2.24, 2.45) is 0 Å². The fourth-order valence-corrected chi connectivity index (χ4v) is 4.69. The lowest BCUT2D eigenvalue weighted by Crippen LogP contribution is -2.24. The molecule has 0 radical (unpaired) electrons. The Morgan fingerprint density at radius 2 is 0.857 bits per heavy atom.